The van der Waals surface area contributed by atoms with Crippen LogP contribution in [0.5, 0.6) is 0 Å². The molecule has 0 aliphatic carbocycles. The molecule has 0 saturated heterocycles. The van der Waals surface area contributed by atoms with Gasteiger partial charge in [0.05, 0.1) is 0 Å². The smallest absolute Gasteiger partial charge is 0 e. The number of hydrogen-bond donors (Lipinski definition) is 0. The third kappa shape index (κ3) is 17.9. The molecule has 225 valence electrons. The molecule has 41 heavy (non-hydrogen) atoms. The summed E-state index contributed by atoms with van der Waals surface area (Å²) >= 11 is 0. The molecule has 0 nitrogen and oxygen atoms in total. The number of rotatable bonds is 8. The van der Waals surface area contributed by atoms with Gasteiger partial charge in [0, 0.05) is 20.4 Å². The Hall–Kier alpha value is -1.59. The van der Waals surface area contributed by atoms with Crippen molar-refractivity contribution in [2.75, 3.05) is 12.3 Å². The fraction of sp³-hybridized carbons (Fsp3) is 0.129. The van der Waals surface area contributed by atoms with Crippen LogP contribution in [0.3, 0.4) is 0 Å². The van der Waals surface area contributed by atoms with E-state index in [0.717, 1.165) is 5.92 Å². The summed E-state index contributed by atoms with van der Waals surface area (Å²) in [5, 5.41) is 5.89. The Balaban J connectivity index is 0.000000548. The molecule has 0 amide bonds. The minimum Gasteiger partial charge on any atom is -0.0622 e. The van der Waals surface area contributed by atoms with Gasteiger partial charge in [-0.15, -0.1) is 0 Å². The Morgan fingerprint density at radius 2 is 0.732 bits per heavy atom. The van der Waals surface area contributed by atoms with Crippen molar-refractivity contribution in [1.29, 1.82) is 0 Å². The number of halogens is 6. The standard InChI is InChI=1S/C26H24P2.C5H9.F6P.Pd/c1-5-13-23(14-6-1)27(24-15-7-2-8-16-24)21-22-28(25-17-9-3-10-18-25)26-19-11-4-12-20-26;1-4-5(2)3;1-7(2,3,4,5)6;/h1-20H,21-22H2;4H,2H2,1,3H3;;/q;;-1;. The molecular weight excluding hydrogens is 686 g/mol. The van der Waals surface area contributed by atoms with E-state index in [0.29, 0.717) is 0 Å². The van der Waals surface area contributed by atoms with Crippen LogP contribution in [-0.4, -0.2) is 12.3 Å². The molecular formula is C31H33F6P3Pd-. The van der Waals surface area contributed by atoms with E-state index in [1.165, 1.54) is 33.5 Å². The first kappa shape index (κ1) is 37.4. The Labute approximate surface area is 256 Å². The summed E-state index contributed by atoms with van der Waals surface area (Å²) < 4.78 is 59.2. The van der Waals surface area contributed by atoms with E-state index in [9.17, 15) is 25.2 Å². The molecule has 0 spiro atoms. The van der Waals surface area contributed by atoms with Gasteiger partial charge in [-0.3, -0.25) is 0 Å². The van der Waals surface area contributed by atoms with Crippen molar-refractivity contribution in [1.82, 2.24) is 0 Å². The average molecular weight is 719 g/mol. The van der Waals surface area contributed by atoms with Crippen LogP contribution in [0.15, 0.2) is 121 Å². The molecule has 0 heterocycles. The van der Waals surface area contributed by atoms with E-state index in [2.05, 4.69) is 128 Å². The predicted octanol–water partition coefficient (Wildman–Crippen LogP) is 10.3. The van der Waals surface area contributed by atoms with Crippen molar-refractivity contribution in [3.8, 4) is 0 Å². The summed E-state index contributed by atoms with van der Waals surface area (Å²) in [5.41, 5.74) is 0. The molecule has 0 saturated carbocycles. The SMILES string of the molecule is F[P-](F)(F)(F)(F)F.[CH2][C](C)[CH]C.[Pd].c1ccc(P(CCP(c2ccccc2)c2ccccc2)c2ccccc2)cc1. The maximum absolute atomic E-state index is 10.7. The average Bonchev–Trinajstić information content (AvgIpc) is 2.92. The second-order valence-electron chi connectivity index (χ2n) is 8.74. The van der Waals surface area contributed by atoms with Crippen molar-refractivity contribution < 1.29 is 45.6 Å². The largest absolute Gasteiger partial charge is 0.0622 e. The zero-order chi connectivity index (χ0) is 29.7. The summed E-state index contributed by atoms with van der Waals surface area (Å²) in [6.45, 7) is 7.56. The van der Waals surface area contributed by atoms with E-state index in [1.54, 1.807) is 0 Å². The van der Waals surface area contributed by atoms with E-state index < -0.39 is 7.81 Å². The topological polar surface area (TPSA) is 0 Å². The van der Waals surface area contributed by atoms with E-state index in [1.807, 2.05) is 20.3 Å². The van der Waals surface area contributed by atoms with Crippen LogP contribution in [0.1, 0.15) is 13.8 Å². The first-order chi connectivity index (χ1) is 18.6. The van der Waals surface area contributed by atoms with Crippen molar-refractivity contribution >= 4 is 44.9 Å². The van der Waals surface area contributed by atoms with Gasteiger partial charge >= 0.3 is 33.0 Å². The summed E-state index contributed by atoms with van der Waals surface area (Å²) in [6, 6.07) is 44.2. The zero-order valence-electron chi connectivity index (χ0n) is 22.7. The molecule has 0 aromatic heterocycles. The summed E-state index contributed by atoms with van der Waals surface area (Å²) in [6.07, 6.45) is 4.39. The molecule has 4 rings (SSSR count). The Kier molecular flexibility index (Phi) is 14.9. The van der Waals surface area contributed by atoms with Crippen LogP contribution in [0.25, 0.3) is 0 Å². The molecule has 0 atom stereocenters. The molecule has 0 bridgehead atoms. The van der Waals surface area contributed by atoms with Gasteiger partial charge in [0.1, 0.15) is 0 Å². The fourth-order valence-electron chi connectivity index (χ4n) is 3.45. The maximum Gasteiger partial charge on any atom is 0 e. The van der Waals surface area contributed by atoms with Gasteiger partial charge in [0.15, 0.2) is 0 Å². The van der Waals surface area contributed by atoms with Gasteiger partial charge in [0.25, 0.3) is 0 Å². The maximum atomic E-state index is 9.87. The van der Waals surface area contributed by atoms with Crippen LogP contribution in [0.2, 0.25) is 0 Å². The minimum absolute atomic E-state index is 0. The zero-order valence-corrected chi connectivity index (χ0v) is 26.9. The molecule has 4 aromatic carbocycles. The first-order valence-corrected chi connectivity index (χ1v) is 17.5. The molecule has 0 unspecified atom stereocenters. The third-order valence-electron chi connectivity index (χ3n) is 5.31. The second kappa shape index (κ2) is 16.3. The van der Waals surface area contributed by atoms with Gasteiger partial charge in [-0.05, 0) is 68.6 Å². The monoisotopic (exact) mass is 718 g/mol. The van der Waals surface area contributed by atoms with E-state index >= 15 is 0 Å². The Bertz CT molecular complexity index is 1070. The third-order valence-corrected chi connectivity index (χ3v) is 10.7. The van der Waals surface area contributed by atoms with Gasteiger partial charge in [0.2, 0.25) is 0 Å². The summed E-state index contributed by atoms with van der Waals surface area (Å²) in [7, 11) is -11.4. The first-order valence-electron chi connectivity index (χ1n) is 12.4. The predicted molar refractivity (Wildman–Crippen MR) is 166 cm³/mol. The number of hydrogen-bond acceptors (Lipinski definition) is 0. The Morgan fingerprint density at radius 3 is 0.878 bits per heavy atom. The van der Waals surface area contributed by atoms with Crippen LogP contribution in [0.4, 0.5) is 25.2 Å². The molecule has 0 N–H and O–H groups in total. The normalized spacial score (nSPS) is 12.7. The van der Waals surface area contributed by atoms with Crippen molar-refractivity contribution in [2.24, 2.45) is 0 Å². The molecule has 4 aromatic rings. The van der Waals surface area contributed by atoms with Gasteiger partial charge < -0.3 is 0 Å². The van der Waals surface area contributed by atoms with Gasteiger partial charge in [-0.1, -0.05) is 135 Å². The molecule has 0 fully saturated rings. The summed E-state index contributed by atoms with van der Waals surface area (Å²) in [4.78, 5) is 0. The Morgan fingerprint density at radius 1 is 0.561 bits per heavy atom. The molecule has 10 heteroatoms. The second-order valence-corrected chi connectivity index (χ2v) is 15.3. The molecule has 0 aliphatic rings. The van der Waals surface area contributed by atoms with Gasteiger partial charge in [-0.2, -0.15) is 0 Å². The van der Waals surface area contributed by atoms with Crippen molar-refractivity contribution in [3.63, 3.8) is 0 Å². The van der Waals surface area contributed by atoms with E-state index in [-0.39, 0.29) is 36.3 Å². The fourth-order valence-corrected chi connectivity index (χ4v) is 8.80. The summed E-state index contributed by atoms with van der Waals surface area (Å²) in [5.74, 6) is 1.13. The quantitative estimate of drug-likeness (QED) is 0.0967. The van der Waals surface area contributed by atoms with Crippen LogP contribution < -0.4 is 21.2 Å². The van der Waals surface area contributed by atoms with Crippen LogP contribution >= 0.6 is 23.7 Å². The van der Waals surface area contributed by atoms with Crippen LogP contribution in [-0.2, 0) is 20.4 Å². The minimum atomic E-state index is -10.7. The number of benzene rings is 4. The van der Waals surface area contributed by atoms with Crippen molar-refractivity contribution in [2.45, 2.75) is 13.8 Å². The molecule has 3 radical (unpaired) electrons. The van der Waals surface area contributed by atoms with E-state index in [4.69, 9.17) is 0 Å². The van der Waals surface area contributed by atoms with Crippen molar-refractivity contribution in [3.05, 3.63) is 141 Å². The molecule has 0 aliphatic heterocycles. The van der Waals surface area contributed by atoms with Crippen LogP contribution in [0, 0.1) is 19.3 Å². The van der Waals surface area contributed by atoms with Gasteiger partial charge in [-0.25, -0.2) is 0 Å².